The van der Waals surface area contributed by atoms with Gasteiger partial charge in [0.25, 0.3) is 0 Å². The number of nitrogen functional groups attached to an aromatic ring is 1. The number of carbonyl (C=O) groups excluding carboxylic acids is 2. The molecule has 0 spiro atoms. The van der Waals surface area contributed by atoms with Crippen LogP contribution in [-0.2, 0) is 34.3 Å². The van der Waals surface area contributed by atoms with E-state index in [0.717, 1.165) is 54.3 Å². The lowest BCUT2D eigenvalue weighted by Gasteiger charge is -2.28. The molecule has 0 saturated carbocycles. The molecule has 1 aliphatic heterocycles. The number of nitrogens with zero attached hydrogens (tertiary/aromatic N) is 3. The zero-order chi connectivity index (χ0) is 26.4. The Morgan fingerprint density at radius 3 is 2.65 bits per heavy atom. The number of amides is 1. The molecule has 4 rings (SSSR count). The molecule has 1 aliphatic rings. The standard InChI is InChI=1S/C29H37N5O3/c1-3-37-28(36)20-33(18-21-8-5-4-6-9-21)19-27(35)34-15-7-10-24(34)13-14-25-16-22-11-12-23(29(30)31)17-26(22)32(25)2/h4-6,8-9,11-12,16-17,24H,3,7,10,13-15,18-20H2,1-2H3,(H3,30,31). The first kappa shape index (κ1) is 26.4. The topological polar surface area (TPSA) is 105 Å². The van der Waals surface area contributed by atoms with Crippen molar-refractivity contribution in [3.63, 3.8) is 0 Å². The number of hydrogen-bond donors (Lipinski definition) is 2. The van der Waals surface area contributed by atoms with Gasteiger partial charge in [-0.05, 0) is 55.7 Å². The summed E-state index contributed by atoms with van der Waals surface area (Å²) in [6, 6.07) is 18.1. The number of ether oxygens (including phenoxy) is 1. The summed E-state index contributed by atoms with van der Waals surface area (Å²) in [6.07, 6.45) is 3.71. The summed E-state index contributed by atoms with van der Waals surface area (Å²) < 4.78 is 7.31. The second kappa shape index (κ2) is 12.1. The average molecular weight is 504 g/mol. The molecule has 1 fully saturated rings. The molecule has 1 aromatic heterocycles. The number of esters is 1. The first-order valence-electron chi connectivity index (χ1n) is 13.0. The van der Waals surface area contributed by atoms with Gasteiger partial charge in [-0.25, -0.2) is 0 Å². The molecule has 3 aromatic rings. The molecule has 0 aliphatic carbocycles. The second-order valence-corrected chi connectivity index (χ2v) is 9.74. The zero-order valence-electron chi connectivity index (χ0n) is 21.8. The fraction of sp³-hybridized carbons (Fsp3) is 0.414. The Kier molecular flexibility index (Phi) is 8.61. The predicted octanol–water partition coefficient (Wildman–Crippen LogP) is 3.45. The molecular formula is C29H37N5O3. The number of fused-ring (bicyclic) bond motifs is 1. The number of likely N-dealkylation sites (tertiary alicyclic amines) is 1. The molecule has 0 radical (unpaired) electrons. The maximum Gasteiger partial charge on any atom is 0.320 e. The summed E-state index contributed by atoms with van der Waals surface area (Å²) in [5, 5.41) is 8.84. The fourth-order valence-corrected chi connectivity index (χ4v) is 5.25. The van der Waals surface area contributed by atoms with E-state index in [1.165, 1.54) is 5.69 Å². The third kappa shape index (κ3) is 6.57. The van der Waals surface area contributed by atoms with E-state index in [4.69, 9.17) is 15.9 Å². The summed E-state index contributed by atoms with van der Waals surface area (Å²) in [6.45, 7) is 3.65. The molecular weight excluding hydrogens is 466 g/mol. The van der Waals surface area contributed by atoms with Crippen LogP contribution in [0.15, 0.2) is 54.6 Å². The molecule has 2 aromatic carbocycles. The Bertz CT molecular complexity index is 1250. The molecule has 0 bridgehead atoms. The van der Waals surface area contributed by atoms with E-state index in [1.807, 2.05) is 65.4 Å². The van der Waals surface area contributed by atoms with Crippen molar-refractivity contribution in [3.05, 3.63) is 71.4 Å². The SMILES string of the molecule is CCOC(=O)CN(CC(=O)N1CCCC1CCc1cc2ccc(C(=N)N)cc2n1C)Cc1ccccc1. The normalized spacial score (nSPS) is 15.4. The van der Waals surface area contributed by atoms with Crippen LogP contribution in [0.2, 0.25) is 0 Å². The van der Waals surface area contributed by atoms with Crippen LogP contribution in [0, 0.1) is 5.41 Å². The number of hydrogen-bond acceptors (Lipinski definition) is 5. The first-order valence-corrected chi connectivity index (χ1v) is 13.0. The van der Waals surface area contributed by atoms with Crippen LogP contribution in [-0.4, -0.2) is 64.4 Å². The van der Waals surface area contributed by atoms with Crippen molar-refractivity contribution in [2.24, 2.45) is 12.8 Å². The van der Waals surface area contributed by atoms with E-state index in [9.17, 15) is 9.59 Å². The zero-order valence-corrected chi connectivity index (χ0v) is 21.8. The Balaban J connectivity index is 1.41. The molecule has 8 nitrogen and oxygen atoms in total. The maximum absolute atomic E-state index is 13.4. The van der Waals surface area contributed by atoms with Crippen molar-refractivity contribution in [2.45, 2.75) is 45.2 Å². The minimum Gasteiger partial charge on any atom is -0.465 e. The largest absolute Gasteiger partial charge is 0.465 e. The highest BCUT2D eigenvalue weighted by atomic mass is 16.5. The summed E-state index contributed by atoms with van der Waals surface area (Å²) in [5.41, 5.74) is 9.70. The molecule has 1 unspecified atom stereocenters. The van der Waals surface area contributed by atoms with E-state index in [1.54, 1.807) is 6.92 Å². The third-order valence-corrected chi connectivity index (χ3v) is 7.15. The van der Waals surface area contributed by atoms with Gasteiger partial charge in [-0.15, -0.1) is 0 Å². The van der Waals surface area contributed by atoms with Crippen LogP contribution in [0.5, 0.6) is 0 Å². The smallest absolute Gasteiger partial charge is 0.320 e. The highest BCUT2D eigenvalue weighted by Gasteiger charge is 2.30. The van der Waals surface area contributed by atoms with Crippen molar-refractivity contribution in [3.8, 4) is 0 Å². The van der Waals surface area contributed by atoms with E-state index in [0.29, 0.717) is 13.2 Å². The van der Waals surface area contributed by atoms with E-state index >= 15 is 0 Å². The van der Waals surface area contributed by atoms with Gasteiger partial charge in [0.05, 0.1) is 19.7 Å². The van der Waals surface area contributed by atoms with Crippen molar-refractivity contribution in [1.82, 2.24) is 14.4 Å². The molecule has 3 N–H and O–H groups in total. The Hall–Kier alpha value is -3.65. The molecule has 1 atom stereocenters. The lowest BCUT2D eigenvalue weighted by atomic mass is 10.1. The van der Waals surface area contributed by atoms with Crippen LogP contribution < -0.4 is 5.73 Å². The highest BCUT2D eigenvalue weighted by molar-refractivity contribution is 5.98. The molecule has 1 saturated heterocycles. The maximum atomic E-state index is 13.4. The van der Waals surface area contributed by atoms with Gasteiger partial charge in [0.2, 0.25) is 5.91 Å². The Labute approximate surface area is 218 Å². The Morgan fingerprint density at radius 2 is 1.92 bits per heavy atom. The number of carbonyl (C=O) groups is 2. The van der Waals surface area contributed by atoms with E-state index in [-0.39, 0.29) is 36.8 Å². The molecule has 37 heavy (non-hydrogen) atoms. The average Bonchev–Trinajstić information content (AvgIpc) is 3.47. The lowest BCUT2D eigenvalue weighted by Crippen LogP contribution is -2.44. The number of aryl methyl sites for hydroxylation is 2. The van der Waals surface area contributed by atoms with Crippen molar-refractivity contribution < 1.29 is 14.3 Å². The fourth-order valence-electron chi connectivity index (χ4n) is 5.25. The van der Waals surface area contributed by atoms with Crippen LogP contribution in [0.25, 0.3) is 10.9 Å². The second-order valence-electron chi connectivity index (χ2n) is 9.74. The monoisotopic (exact) mass is 503 g/mol. The number of nitrogens with one attached hydrogen (secondary N) is 1. The summed E-state index contributed by atoms with van der Waals surface area (Å²) in [5.74, 6) is -0.187. The summed E-state index contributed by atoms with van der Waals surface area (Å²) in [4.78, 5) is 29.5. The number of nitrogens with two attached hydrogens (primary N) is 1. The van der Waals surface area contributed by atoms with Gasteiger partial charge in [0.1, 0.15) is 5.84 Å². The van der Waals surface area contributed by atoms with Gasteiger partial charge in [0, 0.05) is 43.0 Å². The first-order chi connectivity index (χ1) is 17.9. The van der Waals surface area contributed by atoms with Crippen molar-refractivity contribution >= 4 is 28.6 Å². The van der Waals surface area contributed by atoms with Crippen LogP contribution >= 0.6 is 0 Å². The van der Waals surface area contributed by atoms with Crippen LogP contribution in [0.3, 0.4) is 0 Å². The number of rotatable bonds is 11. The van der Waals surface area contributed by atoms with Gasteiger partial charge in [-0.3, -0.25) is 19.9 Å². The van der Waals surface area contributed by atoms with E-state index in [2.05, 4.69) is 10.6 Å². The highest BCUT2D eigenvalue weighted by Crippen LogP contribution is 2.25. The quantitative estimate of drug-likeness (QED) is 0.237. The lowest BCUT2D eigenvalue weighted by molar-refractivity contribution is -0.145. The third-order valence-electron chi connectivity index (χ3n) is 7.15. The minimum atomic E-state index is -0.312. The van der Waals surface area contributed by atoms with Gasteiger partial charge in [0.15, 0.2) is 0 Å². The van der Waals surface area contributed by atoms with Gasteiger partial charge < -0.3 is 19.9 Å². The van der Waals surface area contributed by atoms with Gasteiger partial charge in [-0.1, -0.05) is 42.5 Å². The van der Waals surface area contributed by atoms with E-state index < -0.39 is 0 Å². The molecule has 2 heterocycles. The van der Waals surface area contributed by atoms with Crippen molar-refractivity contribution in [1.29, 1.82) is 5.41 Å². The molecule has 8 heteroatoms. The van der Waals surface area contributed by atoms with Crippen LogP contribution in [0.1, 0.15) is 43.0 Å². The number of aromatic nitrogens is 1. The minimum absolute atomic E-state index is 0.0610. The van der Waals surface area contributed by atoms with Gasteiger partial charge >= 0.3 is 5.97 Å². The van der Waals surface area contributed by atoms with Gasteiger partial charge in [-0.2, -0.15) is 0 Å². The summed E-state index contributed by atoms with van der Waals surface area (Å²) in [7, 11) is 2.04. The summed E-state index contributed by atoms with van der Waals surface area (Å²) >= 11 is 0. The Morgan fingerprint density at radius 1 is 1.14 bits per heavy atom. The molecule has 1 amide bonds. The number of benzene rings is 2. The number of amidine groups is 1. The molecule has 196 valence electrons. The van der Waals surface area contributed by atoms with Crippen LogP contribution in [0.4, 0.5) is 0 Å². The van der Waals surface area contributed by atoms with Crippen molar-refractivity contribution in [2.75, 3.05) is 26.2 Å². The predicted molar refractivity (Wildman–Crippen MR) is 145 cm³/mol.